The van der Waals surface area contributed by atoms with Crippen LogP contribution in [0.15, 0.2) is 0 Å². The van der Waals surface area contributed by atoms with Crippen LogP contribution in [0.2, 0.25) is 0 Å². The van der Waals surface area contributed by atoms with Gasteiger partial charge in [0.15, 0.2) is 0 Å². The van der Waals surface area contributed by atoms with Crippen LogP contribution < -0.4 is 5.32 Å². The Morgan fingerprint density at radius 2 is 1.25 bits per heavy atom. The maximum Gasteiger partial charge on any atom is 0.409 e. The first kappa shape index (κ1) is 50.3. The number of ether oxygens (including phenoxy) is 4. The fraction of sp³-hybridized carbons (Fsp3) is 0.915. The van der Waals surface area contributed by atoms with Gasteiger partial charge in [0.05, 0.1) is 13.2 Å². The highest BCUT2D eigenvalue weighted by atomic mass is 16.6. The van der Waals surface area contributed by atoms with Crippen molar-refractivity contribution in [3.8, 4) is 12.5 Å². The molecule has 0 aliphatic heterocycles. The highest BCUT2D eigenvalue weighted by Gasteiger charge is 2.45. The lowest BCUT2D eigenvalue weighted by atomic mass is 9.62. The number of carbonyl (C=O) groups excluding carboxylic acids is 2. The van der Waals surface area contributed by atoms with E-state index < -0.39 is 0 Å². The van der Waals surface area contributed by atoms with E-state index in [1.54, 1.807) is 11.2 Å². The molecule has 10 nitrogen and oxygen atoms in total. The Labute approximate surface area is 348 Å². The summed E-state index contributed by atoms with van der Waals surface area (Å²) < 4.78 is 22.0. The number of carbonyl (C=O) groups is 2. The number of rotatable bonds is 22. The summed E-state index contributed by atoms with van der Waals surface area (Å²) in [6.45, 7) is 31.2. The summed E-state index contributed by atoms with van der Waals surface area (Å²) in [6.07, 6.45) is 16.4. The van der Waals surface area contributed by atoms with Crippen LogP contribution in [0.5, 0.6) is 0 Å². The predicted octanol–water partition coefficient (Wildman–Crippen LogP) is 12.0. The van der Waals surface area contributed by atoms with Crippen molar-refractivity contribution in [2.75, 3.05) is 33.5 Å². The Morgan fingerprint density at radius 1 is 0.737 bits per heavy atom. The SMILES string of the molecule is CCC(CCOC(=O)N(C)C1CC(C)(C)CC(C)(COC#N)C1)CC(C)(C)CC(CC)C(C)(C)CC(CC)CCOC(=O)NC1CC(C)(C)CC(C)(COC#N)C1. The Balaban J connectivity index is 1.88. The Hall–Kier alpha value is -2.88. The zero-order chi connectivity index (χ0) is 43.3. The van der Waals surface area contributed by atoms with Gasteiger partial charge in [0.25, 0.3) is 12.5 Å². The number of nitrogens with zero attached hydrogens (tertiary/aromatic N) is 3. The quantitative estimate of drug-likeness (QED) is 0.107. The van der Waals surface area contributed by atoms with Crippen LogP contribution in [0.3, 0.4) is 0 Å². The zero-order valence-electron chi connectivity index (χ0n) is 38.9. The number of hydrogen-bond acceptors (Lipinski definition) is 8. The van der Waals surface area contributed by atoms with Crippen molar-refractivity contribution in [3.05, 3.63) is 0 Å². The average Bonchev–Trinajstić information content (AvgIpc) is 3.08. The van der Waals surface area contributed by atoms with Gasteiger partial charge < -0.3 is 29.2 Å². The van der Waals surface area contributed by atoms with Crippen molar-refractivity contribution in [2.45, 2.75) is 192 Å². The molecule has 2 saturated carbocycles. The van der Waals surface area contributed by atoms with E-state index in [1.807, 2.05) is 13.3 Å². The monoisotopic (exact) mass is 801 g/mol. The Bertz CT molecular complexity index is 1350. The van der Waals surface area contributed by atoms with Crippen molar-refractivity contribution in [1.82, 2.24) is 10.2 Å². The topological polar surface area (TPSA) is 134 Å². The van der Waals surface area contributed by atoms with Crippen LogP contribution in [-0.4, -0.2) is 62.6 Å². The predicted molar refractivity (Wildman–Crippen MR) is 228 cm³/mol. The van der Waals surface area contributed by atoms with E-state index in [-0.39, 0.29) is 56.8 Å². The van der Waals surface area contributed by atoms with E-state index in [2.05, 4.69) is 95.3 Å². The van der Waals surface area contributed by atoms with E-state index in [0.717, 1.165) is 89.9 Å². The van der Waals surface area contributed by atoms with Gasteiger partial charge in [0, 0.05) is 30.0 Å². The van der Waals surface area contributed by atoms with Gasteiger partial charge >= 0.3 is 12.2 Å². The third-order valence-electron chi connectivity index (χ3n) is 13.7. The number of hydrogen-bond donors (Lipinski definition) is 1. The van der Waals surface area contributed by atoms with E-state index >= 15 is 0 Å². The molecule has 0 saturated heterocycles. The Kier molecular flexibility index (Phi) is 18.9. The molecule has 328 valence electrons. The van der Waals surface area contributed by atoms with Gasteiger partial charge in [-0.25, -0.2) is 9.59 Å². The van der Waals surface area contributed by atoms with Crippen molar-refractivity contribution in [2.24, 2.45) is 50.2 Å². The largest absolute Gasteiger partial charge is 0.450 e. The standard InChI is InChI=1S/C47H84N4O6/c1-15-35(19-21-57-41(53)51(14)39-27-44(8,9)30-47(13,28-39)32-55-34-49)22-42(4,5)24-37(17-3)45(10,11)23-36(16-2)18-20-56-40(52)50-38-25-43(6,7)29-46(12,26-38)31-54-33-48/h35-39H,15-32H2,1-14H3,(H,50,52). The molecule has 0 heterocycles. The molecule has 0 aromatic rings. The summed E-state index contributed by atoms with van der Waals surface area (Å²) >= 11 is 0. The summed E-state index contributed by atoms with van der Waals surface area (Å²) in [5, 5.41) is 21.1. The van der Waals surface area contributed by atoms with Crippen molar-refractivity contribution >= 4 is 12.2 Å². The molecule has 0 spiro atoms. The van der Waals surface area contributed by atoms with Gasteiger partial charge in [-0.1, -0.05) is 109 Å². The third kappa shape index (κ3) is 17.1. The molecule has 2 aliphatic rings. The molecule has 0 aromatic heterocycles. The van der Waals surface area contributed by atoms with Crippen molar-refractivity contribution < 1.29 is 28.5 Å². The lowest BCUT2D eigenvalue weighted by Gasteiger charge is -2.48. The minimum atomic E-state index is -0.351. The van der Waals surface area contributed by atoms with Gasteiger partial charge in [0.1, 0.15) is 13.2 Å². The van der Waals surface area contributed by atoms with Gasteiger partial charge in [0.2, 0.25) is 0 Å². The first-order valence-electron chi connectivity index (χ1n) is 22.2. The molecule has 10 heteroatoms. The van der Waals surface area contributed by atoms with Crippen LogP contribution in [0, 0.1) is 73.3 Å². The van der Waals surface area contributed by atoms with Crippen LogP contribution in [0.25, 0.3) is 0 Å². The molecule has 0 radical (unpaired) electrons. The van der Waals surface area contributed by atoms with Crippen LogP contribution >= 0.6 is 0 Å². The molecule has 2 amide bonds. The molecule has 1 N–H and O–H groups in total. The normalized spacial score (nSPS) is 26.1. The number of nitrogens with one attached hydrogen (secondary N) is 1. The van der Waals surface area contributed by atoms with E-state index in [0.29, 0.717) is 44.2 Å². The fourth-order valence-corrected chi connectivity index (χ4v) is 11.6. The van der Waals surface area contributed by atoms with Crippen molar-refractivity contribution in [1.29, 1.82) is 10.5 Å². The van der Waals surface area contributed by atoms with Gasteiger partial charge in [-0.05, 0) is 110 Å². The molecule has 2 fully saturated rings. The smallest absolute Gasteiger partial charge is 0.409 e. The minimum absolute atomic E-state index is 0.0125. The number of amides is 2. The van der Waals surface area contributed by atoms with Gasteiger partial charge in [-0.3, -0.25) is 0 Å². The lowest BCUT2D eigenvalue weighted by Crippen LogP contribution is -2.49. The van der Waals surface area contributed by atoms with Crippen LogP contribution in [0.1, 0.15) is 180 Å². The lowest BCUT2D eigenvalue weighted by molar-refractivity contribution is -0.0104. The molecule has 57 heavy (non-hydrogen) atoms. The highest BCUT2D eigenvalue weighted by molar-refractivity contribution is 5.68. The highest BCUT2D eigenvalue weighted by Crippen LogP contribution is 2.49. The molecule has 0 aromatic carbocycles. The molecule has 0 bridgehead atoms. The van der Waals surface area contributed by atoms with Crippen molar-refractivity contribution in [3.63, 3.8) is 0 Å². The second-order valence-electron chi connectivity index (χ2n) is 22.2. The second kappa shape index (κ2) is 21.4. The zero-order valence-corrected chi connectivity index (χ0v) is 38.9. The van der Waals surface area contributed by atoms with E-state index in [9.17, 15) is 9.59 Å². The van der Waals surface area contributed by atoms with E-state index in [4.69, 9.17) is 29.5 Å². The summed E-state index contributed by atoms with van der Waals surface area (Å²) in [5.41, 5.74) is -0.00850. The maximum absolute atomic E-state index is 13.3. The first-order chi connectivity index (χ1) is 26.4. The molecule has 7 unspecified atom stereocenters. The summed E-state index contributed by atoms with van der Waals surface area (Å²) in [4.78, 5) is 28.0. The minimum Gasteiger partial charge on any atom is -0.450 e. The molecular weight excluding hydrogens is 717 g/mol. The van der Waals surface area contributed by atoms with Crippen LogP contribution in [-0.2, 0) is 18.9 Å². The van der Waals surface area contributed by atoms with E-state index in [1.165, 1.54) is 0 Å². The number of nitriles is 2. The molecule has 2 aliphatic carbocycles. The third-order valence-corrected chi connectivity index (χ3v) is 13.7. The second-order valence-corrected chi connectivity index (χ2v) is 22.2. The average molecular weight is 801 g/mol. The molecule has 7 atom stereocenters. The first-order valence-corrected chi connectivity index (χ1v) is 22.2. The summed E-state index contributed by atoms with van der Waals surface area (Å²) in [6, 6.07) is 0.0269. The fourth-order valence-electron chi connectivity index (χ4n) is 11.6. The summed E-state index contributed by atoms with van der Waals surface area (Å²) in [5.74, 6) is 1.47. The maximum atomic E-state index is 13.3. The molecule has 2 rings (SSSR count). The van der Waals surface area contributed by atoms with Crippen LogP contribution in [0.4, 0.5) is 9.59 Å². The summed E-state index contributed by atoms with van der Waals surface area (Å²) in [7, 11) is 1.85. The molecular formula is C47H84N4O6. The Morgan fingerprint density at radius 3 is 1.77 bits per heavy atom. The number of alkyl carbamates (subject to hydrolysis) is 1. The van der Waals surface area contributed by atoms with Gasteiger partial charge in [-0.2, -0.15) is 10.5 Å². The van der Waals surface area contributed by atoms with Gasteiger partial charge in [-0.15, -0.1) is 0 Å².